The molecule has 0 spiro atoms. The number of H-pyrrole nitrogens is 2. The zero-order chi connectivity index (χ0) is 35.8. The number of rotatable bonds is 11. The largest absolute Gasteiger partial charge is 0.358 e. The Morgan fingerprint density at radius 2 is 1.69 bits per heavy atom. The first-order valence-electron chi connectivity index (χ1n) is 15.7. The molecule has 4 N–H and O–H groups in total. The Labute approximate surface area is 284 Å². The highest BCUT2D eigenvalue weighted by molar-refractivity contribution is 6.00. The lowest BCUT2D eigenvalue weighted by Crippen LogP contribution is -2.23. The number of pyridine rings is 2. The Bertz CT molecular complexity index is 1870. The minimum absolute atomic E-state index is 0.295. The summed E-state index contributed by atoms with van der Waals surface area (Å²) in [5, 5.41) is 15.9. The second-order valence-corrected chi connectivity index (χ2v) is 10.4. The highest BCUT2D eigenvalue weighted by atomic mass is 19.1. The second-order valence-electron chi connectivity index (χ2n) is 10.4. The standard InChI is InChI=1S/C33H35FN8.C2H6.2C2H4/c1-7-22(14-25(8-2)38-20(3)19-42(5)6)29-15-27-31(18-37-29)40-41-33(27)30-16-26-28(39-30)9-10-36-32(26)23-11-21(17-35-4)12-24(34)13-23;3*1-2/h7-16,18,35,38-39H,2-3,17,19H2,1,4-6H3,(H,40,41);1-2H3;2*1-2H2/b22-7+,25-14+;;;. The van der Waals surface area contributed by atoms with E-state index in [0.29, 0.717) is 18.8 Å². The molecular formula is C39H49FN8. The van der Waals surface area contributed by atoms with Crippen LogP contribution < -0.4 is 10.6 Å². The van der Waals surface area contributed by atoms with Crippen molar-refractivity contribution < 1.29 is 4.39 Å². The second kappa shape index (κ2) is 19.3. The minimum Gasteiger partial charge on any atom is -0.358 e. The van der Waals surface area contributed by atoms with Crippen LogP contribution in [-0.4, -0.2) is 57.7 Å². The molecule has 0 aliphatic carbocycles. The summed E-state index contributed by atoms with van der Waals surface area (Å²) in [5.41, 5.74) is 8.97. The number of allylic oxidation sites excluding steroid dienone is 4. The smallest absolute Gasteiger partial charge is 0.124 e. The summed E-state index contributed by atoms with van der Waals surface area (Å²) in [6.07, 6.45) is 9.30. The van der Waals surface area contributed by atoms with E-state index in [0.717, 1.165) is 67.0 Å². The monoisotopic (exact) mass is 648 g/mol. The lowest BCUT2D eigenvalue weighted by Gasteiger charge is -2.15. The predicted molar refractivity (Wildman–Crippen MR) is 204 cm³/mol. The van der Waals surface area contributed by atoms with Gasteiger partial charge in [-0.25, -0.2) is 4.39 Å². The lowest BCUT2D eigenvalue weighted by atomic mass is 10.0. The van der Waals surface area contributed by atoms with Gasteiger partial charge in [-0.05, 0) is 87.8 Å². The maximum absolute atomic E-state index is 14.5. The Morgan fingerprint density at radius 3 is 2.33 bits per heavy atom. The summed E-state index contributed by atoms with van der Waals surface area (Å²) in [7, 11) is 5.83. The average molecular weight is 649 g/mol. The molecule has 4 heterocycles. The lowest BCUT2D eigenvalue weighted by molar-refractivity contribution is 0.438. The third kappa shape index (κ3) is 9.57. The maximum Gasteiger partial charge on any atom is 0.124 e. The van der Waals surface area contributed by atoms with E-state index in [2.05, 4.69) is 70.3 Å². The maximum atomic E-state index is 14.5. The van der Waals surface area contributed by atoms with Crippen LogP contribution in [0.3, 0.4) is 0 Å². The van der Waals surface area contributed by atoms with E-state index in [1.165, 1.54) is 12.1 Å². The predicted octanol–water partition coefficient (Wildman–Crippen LogP) is 8.80. The van der Waals surface area contributed by atoms with Gasteiger partial charge in [0.15, 0.2) is 0 Å². The summed E-state index contributed by atoms with van der Waals surface area (Å²) in [5.74, 6) is -0.295. The molecule has 0 aliphatic heterocycles. The minimum atomic E-state index is -0.295. The van der Waals surface area contributed by atoms with Crippen molar-refractivity contribution in [3.05, 3.63) is 135 Å². The van der Waals surface area contributed by atoms with Gasteiger partial charge < -0.3 is 20.5 Å². The molecule has 48 heavy (non-hydrogen) atoms. The van der Waals surface area contributed by atoms with Crippen LogP contribution in [0.25, 0.3) is 50.0 Å². The van der Waals surface area contributed by atoms with Gasteiger partial charge in [-0.2, -0.15) is 5.10 Å². The van der Waals surface area contributed by atoms with Crippen molar-refractivity contribution >= 4 is 27.4 Å². The molecular weight excluding hydrogens is 599 g/mol. The number of hydrogen-bond acceptors (Lipinski definition) is 6. The topological polar surface area (TPSA) is 97.5 Å². The van der Waals surface area contributed by atoms with Crippen LogP contribution in [-0.2, 0) is 6.54 Å². The van der Waals surface area contributed by atoms with E-state index in [4.69, 9.17) is 4.98 Å². The molecule has 0 fully saturated rings. The zero-order valence-electron chi connectivity index (χ0n) is 29.2. The molecule has 0 unspecified atom stereocenters. The van der Waals surface area contributed by atoms with Gasteiger partial charge in [-0.1, -0.05) is 33.1 Å². The van der Waals surface area contributed by atoms with Gasteiger partial charge in [-0.15, -0.1) is 26.3 Å². The number of nitrogens with one attached hydrogen (secondary N) is 4. The first-order chi connectivity index (χ1) is 23.3. The fraction of sp³-hybridized carbons (Fsp3) is 0.205. The van der Waals surface area contributed by atoms with E-state index < -0.39 is 0 Å². The van der Waals surface area contributed by atoms with Gasteiger partial charge in [0.05, 0.1) is 28.8 Å². The van der Waals surface area contributed by atoms with Crippen LogP contribution in [0.4, 0.5) is 4.39 Å². The molecule has 5 rings (SSSR count). The molecule has 0 atom stereocenters. The molecule has 252 valence electrons. The molecule has 0 radical (unpaired) electrons. The Kier molecular flexibility index (Phi) is 15.6. The van der Waals surface area contributed by atoms with E-state index >= 15 is 0 Å². The van der Waals surface area contributed by atoms with E-state index in [1.54, 1.807) is 18.5 Å². The number of halogens is 1. The van der Waals surface area contributed by atoms with Crippen molar-refractivity contribution in [2.75, 3.05) is 27.7 Å². The van der Waals surface area contributed by atoms with Crippen LogP contribution in [0.15, 0.2) is 118 Å². The first-order valence-corrected chi connectivity index (χ1v) is 15.7. The molecule has 4 aromatic heterocycles. The Hall–Kier alpha value is -5.38. The first kappa shape index (κ1) is 38.8. The highest BCUT2D eigenvalue weighted by Gasteiger charge is 2.16. The molecule has 8 nitrogen and oxygen atoms in total. The van der Waals surface area contributed by atoms with Gasteiger partial charge in [-0.3, -0.25) is 15.1 Å². The number of hydrogen-bond donors (Lipinski definition) is 4. The number of nitrogens with zero attached hydrogens (tertiary/aromatic N) is 4. The van der Waals surface area contributed by atoms with Crippen molar-refractivity contribution in [3.63, 3.8) is 0 Å². The Morgan fingerprint density at radius 1 is 0.979 bits per heavy atom. The van der Waals surface area contributed by atoms with Crippen LogP contribution in [0, 0.1) is 5.82 Å². The number of fused-ring (bicyclic) bond motifs is 2. The van der Waals surface area contributed by atoms with Gasteiger partial charge in [0.2, 0.25) is 0 Å². The summed E-state index contributed by atoms with van der Waals surface area (Å²) in [4.78, 5) is 14.8. The number of aromatic nitrogens is 5. The fourth-order valence-electron chi connectivity index (χ4n) is 5.03. The number of likely N-dealkylation sites (N-methyl/N-ethyl adjacent to an activating group) is 1. The van der Waals surface area contributed by atoms with E-state index in [1.807, 2.05) is 83.2 Å². The van der Waals surface area contributed by atoms with Gasteiger partial charge >= 0.3 is 0 Å². The van der Waals surface area contributed by atoms with Crippen LogP contribution in [0.2, 0.25) is 0 Å². The number of aromatic amines is 2. The van der Waals surface area contributed by atoms with Crippen molar-refractivity contribution in [1.29, 1.82) is 0 Å². The quantitative estimate of drug-likeness (QED) is 0.0845. The van der Waals surface area contributed by atoms with Crippen molar-refractivity contribution in [2.45, 2.75) is 27.3 Å². The molecule has 5 aromatic rings. The number of benzene rings is 1. The van der Waals surface area contributed by atoms with Crippen LogP contribution in [0.1, 0.15) is 32.0 Å². The molecule has 0 amide bonds. The molecule has 0 aliphatic rings. The third-order valence-corrected chi connectivity index (χ3v) is 6.83. The van der Waals surface area contributed by atoms with Crippen LogP contribution >= 0.6 is 0 Å². The van der Waals surface area contributed by atoms with E-state index in [-0.39, 0.29) is 5.82 Å². The highest BCUT2D eigenvalue weighted by Crippen LogP contribution is 2.34. The zero-order valence-corrected chi connectivity index (χ0v) is 29.2. The third-order valence-electron chi connectivity index (χ3n) is 6.83. The normalized spacial score (nSPS) is 11.2. The molecule has 0 bridgehead atoms. The van der Waals surface area contributed by atoms with Crippen molar-refractivity contribution in [2.24, 2.45) is 0 Å². The molecule has 0 saturated heterocycles. The summed E-state index contributed by atoms with van der Waals surface area (Å²) in [6, 6.07) is 11.0. The fourth-order valence-corrected chi connectivity index (χ4v) is 5.03. The van der Waals surface area contributed by atoms with Gasteiger partial charge in [0.25, 0.3) is 0 Å². The summed E-state index contributed by atoms with van der Waals surface area (Å²) in [6.45, 7) is 27.3. The van der Waals surface area contributed by atoms with E-state index in [9.17, 15) is 4.39 Å². The molecule has 9 heteroatoms. The molecule has 1 aromatic carbocycles. The summed E-state index contributed by atoms with van der Waals surface area (Å²) < 4.78 is 14.5. The van der Waals surface area contributed by atoms with Crippen molar-refractivity contribution in [3.8, 4) is 22.6 Å². The van der Waals surface area contributed by atoms with Crippen molar-refractivity contribution in [1.82, 2.24) is 40.7 Å². The Balaban J connectivity index is 0.00000126. The van der Waals surface area contributed by atoms with Crippen LogP contribution in [0.5, 0.6) is 0 Å². The average Bonchev–Trinajstić information content (AvgIpc) is 3.73. The molecule has 0 saturated carbocycles. The summed E-state index contributed by atoms with van der Waals surface area (Å²) >= 11 is 0. The van der Waals surface area contributed by atoms with Gasteiger partial charge in [0, 0.05) is 52.5 Å². The van der Waals surface area contributed by atoms with Gasteiger partial charge in [0.1, 0.15) is 11.5 Å². The SMILES string of the molecule is C=C.C=C.C=C/C(=C\C(=C/C)c1cc2c(-c3cc4c(-c5cc(F)cc(CNC)c5)nccc4[nH]3)n[nH]c2cn1)NC(=C)CN(C)C.CC.